The Morgan fingerprint density at radius 1 is 1.09 bits per heavy atom. The van der Waals surface area contributed by atoms with E-state index in [4.69, 9.17) is 17.6 Å². The lowest BCUT2D eigenvalue weighted by Crippen LogP contribution is -2.27. The highest BCUT2D eigenvalue weighted by Gasteiger charge is 2.38. The Hall–Kier alpha value is -3.33. The zero-order chi connectivity index (χ0) is 23.5. The number of rotatable bonds is 7. The van der Waals surface area contributed by atoms with Gasteiger partial charge in [-0.3, -0.25) is 19.7 Å². The fourth-order valence-corrected chi connectivity index (χ4v) is 5.15. The van der Waals surface area contributed by atoms with Crippen molar-refractivity contribution in [2.45, 2.75) is 56.0 Å². The molecule has 0 bridgehead atoms. The molecule has 1 fully saturated rings. The van der Waals surface area contributed by atoms with Crippen LogP contribution in [0.15, 0.2) is 59.6 Å². The molecular formula is C25H28N6O2S. The van der Waals surface area contributed by atoms with Crippen molar-refractivity contribution >= 4 is 36.4 Å². The monoisotopic (exact) mass is 476 g/mol. The normalized spacial score (nSPS) is 19.9. The Balaban J connectivity index is 1.49. The molecule has 2 aromatic carbocycles. The van der Waals surface area contributed by atoms with Gasteiger partial charge in [0, 0.05) is 24.6 Å². The number of thiol groups is 1. The van der Waals surface area contributed by atoms with Crippen LogP contribution in [0.1, 0.15) is 48.9 Å². The Morgan fingerprint density at radius 3 is 2.53 bits per heavy atom. The summed E-state index contributed by atoms with van der Waals surface area (Å²) < 4.78 is 2.17. The number of non-ortho nitro benzene ring substituents is 1. The molecule has 8 nitrogen and oxygen atoms in total. The van der Waals surface area contributed by atoms with Crippen LogP contribution in [-0.2, 0) is 17.8 Å². The molecule has 1 aliphatic heterocycles. The van der Waals surface area contributed by atoms with Gasteiger partial charge in [0.2, 0.25) is 5.95 Å². The number of nitrogens with zero attached hydrogens (tertiary/aromatic N) is 4. The van der Waals surface area contributed by atoms with E-state index in [2.05, 4.69) is 32.3 Å². The highest BCUT2D eigenvalue weighted by atomic mass is 32.1. The van der Waals surface area contributed by atoms with E-state index in [0.717, 1.165) is 35.9 Å². The molecule has 5 rings (SSSR count). The van der Waals surface area contributed by atoms with Crippen LogP contribution in [0.5, 0.6) is 0 Å². The Morgan fingerprint density at radius 2 is 1.82 bits per heavy atom. The van der Waals surface area contributed by atoms with Gasteiger partial charge in [-0.25, -0.2) is 4.98 Å². The van der Waals surface area contributed by atoms with Crippen LogP contribution >= 0.6 is 12.6 Å². The molecule has 34 heavy (non-hydrogen) atoms. The number of nitro benzene ring substituents is 1. The first-order chi connectivity index (χ1) is 16.5. The number of hydrogen-bond acceptors (Lipinski definition) is 7. The van der Waals surface area contributed by atoms with E-state index in [-0.39, 0.29) is 5.69 Å². The zero-order valence-electron chi connectivity index (χ0n) is 18.9. The van der Waals surface area contributed by atoms with Crippen LogP contribution in [0.2, 0.25) is 0 Å². The summed E-state index contributed by atoms with van der Waals surface area (Å²) in [6.07, 6.45) is 8.17. The van der Waals surface area contributed by atoms with E-state index in [1.54, 1.807) is 18.5 Å². The molecule has 1 atom stereocenters. The van der Waals surface area contributed by atoms with Gasteiger partial charge in [0.15, 0.2) is 4.87 Å². The number of anilines is 2. The quantitative estimate of drug-likeness (QED) is 0.242. The number of benzene rings is 2. The number of hydrogen-bond donors (Lipinski definition) is 3. The summed E-state index contributed by atoms with van der Waals surface area (Å²) >= 11 is 4.98. The van der Waals surface area contributed by atoms with Gasteiger partial charge in [0.05, 0.1) is 17.8 Å². The molecule has 1 saturated carbocycles. The summed E-state index contributed by atoms with van der Waals surface area (Å²) in [6.45, 7) is 0.667. The predicted molar refractivity (Wildman–Crippen MR) is 138 cm³/mol. The van der Waals surface area contributed by atoms with Gasteiger partial charge >= 0.3 is 0 Å². The second kappa shape index (κ2) is 9.50. The first-order valence-corrected chi connectivity index (χ1v) is 12.1. The average molecular weight is 477 g/mol. The van der Waals surface area contributed by atoms with Gasteiger partial charge in [0.1, 0.15) is 11.5 Å². The number of aliphatic imine (C=N–C) groups is 1. The maximum Gasteiger partial charge on any atom is 0.269 e. The smallest absolute Gasteiger partial charge is 0.269 e. The van der Waals surface area contributed by atoms with E-state index in [9.17, 15) is 10.1 Å². The van der Waals surface area contributed by atoms with E-state index in [1.165, 1.54) is 37.0 Å². The third-order valence-corrected chi connectivity index (χ3v) is 7.03. The van der Waals surface area contributed by atoms with Gasteiger partial charge < -0.3 is 10.6 Å². The summed E-state index contributed by atoms with van der Waals surface area (Å²) in [5.74, 6) is 1.69. The molecule has 2 N–H and O–H groups in total. The summed E-state index contributed by atoms with van der Waals surface area (Å²) in [5, 5.41) is 18.0. The van der Waals surface area contributed by atoms with Crippen molar-refractivity contribution in [1.29, 1.82) is 0 Å². The molecule has 2 heterocycles. The maximum absolute atomic E-state index is 11.0. The molecule has 0 radical (unpaired) electrons. The number of imidazole rings is 1. The molecule has 9 heteroatoms. The summed E-state index contributed by atoms with van der Waals surface area (Å²) in [5.41, 5.74) is 2.91. The lowest BCUT2D eigenvalue weighted by molar-refractivity contribution is -0.384. The lowest BCUT2D eigenvalue weighted by Gasteiger charge is -2.27. The third kappa shape index (κ3) is 4.65. The highest BCUT2D eigenvalue weighted by molar-refractivity contribution is 7.81. The average Bonchev–Trinajstić information content (AvgIpc) is 3.19. The number of fused-ring (bicyclic) bond motifs is 1. The van der Waals surface area contributed by atoms with Crippen LogP contribution in [0.4, 0.5) is 17.5 Å². The summed E-state index contributed by atoms with van der Waals surface area (Å²) in [4.78, 5) is 19.4. The first kappa shape index (κ1) is 22.5. The standard InChI is InChI=1S/C25H28N6O2S/c32-31(33)21-13-11-18(12-14-21)15-25(34)22-23(26-17-27-25)30(16-19-7-3-1-4-8-19)24(29-22)28-20-9-5-2-6-10-20/h1,3-4,7-8,11-14,17,20,34H,2,5-6,9-10,15-16H2,(H,26,27)(H,28,29). The molecule has 1 aromatic heterocycles. The minimum atomic E-state index is -0.887. The van der Waals surface area contributed by atoms with Gasteiger partial charge in [-0.2, -0.15) is 0 Å². The molecule has 1 aliphatic carbocycles. The van der Waals surface area contributed by atoms with Crippen molar-refractivity contribution in [2.24, 2.45) is 4.99 Å². The van der Waals surface area contributed by atoms with E-state index < -0.39 is 9.79 Å². The number of aromatic nitrogens is 2. The minimum Gasteiger partial charge on any atom is -0.353 e. The zero-order valence-corrected chi connectivity index (χ0v) is 19.7. The van der Waals surface area contributed by atoms with Crippen LogP contribution in [0.3, 0.4) is 0 Å². The maximum atomic E-state index is 11.0. The van der Waals surface area contributed by atoms with Gasteiger partial charge in [-0.15, -0.1) is 12.6 Å². The van der Waals surface area contributed by atoms with Crippen molar-refractivity contribution in [2.75, 3.05) is 10.6 Å². The van der Waals surface area contributed by atoms with E-state index in [1.807, 2.05) is 18.2 Å². The molecule has 1 unspecified atom stereocenters. The van der Waals surface area contributed by atoms with Gasteiger partial charge in [-0.1, -0.05) is 61.7 Å². The summed E-state index contributed by atoms with van der Waals surface area (Å²) in [6, 6.07) is 17.3. The molecule has 176 valence electrons. The highest BCUT2D eigenvalue weighted by Crippen LogP contribution is 2.42. The number of nitro groups is 1. The van der Waals surface area contributed by atoms with Crippen molar-refractivity contribution in [3.8, 4) is 0 Å². The van der Waals surface area contributed by atoms with Crippen LogP contribution in [0, 0.1) is 10.1 Å². The molecule has 0 spiro atoms. The molecule has 2 aliphatic rings. The van der Waals surface area contributed by atoms with Crippen molar-refractivity contribution < 1.29 is 4.92 Å². The second-order valence-corrected chi connectivity index (χ2v) is 9.74. The van der Waals surface area contributed by atoms with Crippen molar-refractivity contribution in [3.05, 3.63) is 81.5 Å². The van der Waals surface area contributed by atoms with Crippen LogP contribution < -0.4 is 10.6 Å². The van der Waals surface area contributed by atoms with Gasteiger partial charge in [0.25, 0.3) is 5.69 Å². The Bertz CT molecular complexity index is 1190. The Kier molecular flexibility index (Phi) is 6.28. The van der Waals surface area contributed by atoms with E-state index >= 15 is 0 Å². The van der Waals surface area contributed by atoms with Crippen molar-refractivity contribution in [3.63, 3.8) is 0 Å². The second-order valence-electron chi connectivity index (χ2n) is 9.00. The van der Waals surface area contributed by atoms with Crippen molar-refractivity contribution in [1.82, 2.24) is 9.55 Å². The summed E-state index contributed by atoms with van der Waals surface area (Å²) in [7, 11) is 0. The minimum absolute atomic E-state index is 0.0672. The topological polar surface area (TPSA) is 97.4 Å². The SMILES string of the molecule is O=[N+]([O-])c1ccc(CC2(S)N=CNc3c2nc(NC2CCCCC2)n3Cc2ccccc2)cc1. The molecule has 3 aromatic rings. The first-order valence-electron chi connectivity index (χ1n) is 11.7. The van der Waals surface area contributed by atoms with Crippen LogP contribution in [-0.4, -0.2) is 26.9 Å². The largest absolute Gasteiger partial charge is 0.353 e. The fourth-order valence-electron chi connectivity index (χ4n) is 4.75. The fraction of sp³-hybridized carbons (Fsp3) is 0.360. The molecule has 0 saturated heterocycles. The predicted octanol–water partition coefficient (Wildman–Crippen LogP) is 5.36. The lowest BCUT2D eigenvalue weighted by atomic mass is 9.96. The molecule has 0 amide bonds. The van der Waals surface area contributed by atoms with Gasteiger partial charge in [-0.05, 0) is 24.0 Å². The Labute approximate surface area is 204 Å². The van der Waals surface area contributed by atoms with E-state index in [0.29, 0.717) is 19.0 Å². The number of nitrogens with one attached hydrogen (secondary N) is 2. The molecular weight excluding hydrogens is 448 g/mol. The third-order valence-electron chi connectivity index (χ3n) is 6.55. The van der Waals surface area contributed by atoms with Crippen LogP contribution in [0.25, 0.3) is 0 Å².